The molecular formula is C17H30N4. The van der Waals surface area contributed by atoms with E-state index in [0.29, 0.717) is 12.0 Å². The minimum atomic E-state index is 0.410. The van der Waals surface area contributed by atoms with Crippen LogP contribution in [0.1, 0.15) is 71.3 Å². The van der Waals surface area contributed by atoms with Crippen LogP contribution in [-0.4, -0.2) is 22.6 Å². The monoisotopic (exact) mass is 290 g/mol. The predicted molar refractivity (Wildman–Crippen MR) is 89.9 cm³/mol. The molecule has 0 bridgehead atoms. The Morgan fingerprint density at radius 3 is 2.62 bits per heavy atom. The summed E-state index contributed by atoms with van der Waals surface area (Å²) in [6.07, 6.45) is 8.18. The fourth-order valence-corrected chi connectivity index (χ4v) is 3.19. The van der Waals surface area contributed by atoms with Gasteiger partial charge in [-0.2, -0.15) is 0 Å². The van der Waals surface area contributed by atoms with Gasteiger partial charge in [0.15, 0.2) is 0 Å². The third-order valence-corrected chi connectivity index (χ3v) is 4.40. The molecule has 1 aliphatic carbocycles. The van der Waals surface area contributed by atoms with Crippen LogP contribution in [0, 0.1) is 5.92 Å². The molecule has 1 aliphatic rings. The minimum Gasteiger partial charge on any atom is -0.370 e. The molecule has 0 aromatic carbocycles. The van der Waals surface area contributed by atoms with Gasteiger partial charge in [0.05, 0.1) is 0 Å². The van der Waals surface area contributed by atoms with Crippen molar-refractivity contribution in [1.82, 2.24) is 9.97 Å². The third-order valence-electron chi connectivity index (χ3n) is 4.40. The molecule has 0 saturated heterocycles. The summed E-state index contributed by atoms with van der Waals surface area (Å²) in [4.78, 5) is 8.94. The zero-order valence-corrected chi connectivity index (χ0v) is 13.9. The number of aromatic nitrogens is 2. The number of nitrogens with one attached hydrogen (secondary N) is 2. The third kappa shape index (κ3) is 4.32. The second-order valence-corrected chi connectivity index (χ2v) is 6.62. The van der Waals surface area contributed by atoms with E-state index in [1.54, 1.807) is 6.33 Å². The predicted octanol–water partition coefficient (Wildman–Crippen LogP) is 4.41. The molecule has 1 heterocycles. The molecule has 1 saturated carbocycles. The molecule has 2 unspecified atom stereocenters. The molecule has 2 atom stereocenters. The zero-order valence-electron chi connectivity index (χ0n) is 13.9. The van der Waals surface area contributed by atoms with E-state index in [4.69, 9.17) is 0 Å². The first kappa shape index (κ1) is 16.1. The summed E-state index contributed by atoms with van der Waals surface area (Å²) in [7, 11) is 0. The van der Waals surface area contributed by atoms with Crippen molar-refractivity contribution in [2.24, 2.45) is 5.92 Å². The summed E-state index contributed by atoms with van der Waals surface area (Å²) in [6.45, 7) is 9.78. The lowest BCUT2D eigenvalue weighted by atomic mass is 10.0. The summed E-state index contributed by atoms with van der Waals surface area (Å²) < 4.78 is 0. The lowest BCUT2D eigenvalue weighted by Gasteiger charge is -2.22. The molecule has 1 fully saturated rings. The van der Waals surface area contributed by atoms with Crippen molar-refractivity contribution in [3.63, 3.8) is 0 Å². The van der Waals surface area contributed by atoms with Crippen LogP contribution in [0.2, 0.25) is 0 Å². The van der Waals surface area contributed by atoms with Crippen LogP contribution in [-0.2, 0) is 0 Å². The highest BCUT2D eigenvalue weighted by molar-refractivity contribution is 5.59. The van der Waals surface area contributed by atoms with Crippen LogP contribution in [0.4, 0.5) is 11.6 Å². The van der Waals surface area contributed by atoms with Gasteiger partial charge in [0.2, 0.25) is 0 Å². The summed E-state index contributed by atoms with van der Waals surface area (Å²) in [6, 6.07) is 0.553. The molecule has 0 amide bonds. The number of anilines is 2. The van der Waals surface area contributed by atoms with Crippen LogP contribution in [0.3, 0.4) is 0 Å². The van der Waals surface area contributed by atoms with E-state index in [1.807, 2.05) is 0 Å². The molecule has 0 radical (unpaired) electrons. The van der Waals surface area contributed by atoms with Gasteiger partial charge in [-0.3, -0.25) is 0 Å². The lowest BCUT2D eigenvalue weighted by Crippen LogP contribution is -2.21. The molecule has 21 heavy (non-hydrogen) atoms. The standard InChI is InChI=1S/C17H30N4/c1-5-18-16-15(12(2)3)17(20-11-19-16)21-14-8-6-7-13(4)9-10-14/h11-14H,5-10H2,1-4H3,(H2,18,19,20,21). The SMILES string of the molecule is CCNc1ncnc(NC2CCCC(C)CC2)c1C(C)C. The number of hydrogen-bond acceptors (Lipinski definition) is 4. The fourth-order valence-electron chi connectivity index (χ4n) is 3.19. The van der Waals surface area contributed by atoms with Crippen LogP contribution in [0.15, 0.2) is 6.33 Å². The van der Waals surface area contributed by atoms with E-state index in [-0.39, 0.29) is 0 Å². The van der Waals surface area contributed by atoms with Crippen molar-refractivity contribution in [2.75, 3.05) is 17.2 Å². The van der Waals surface area contributed by atoms with E-state index in [2.05, 4.69) is 48.3 Å². The first-order valence-corrected chi connectivity index (χ1v) is 8.47. The molecule has 0 aliphatic heterocycles. The van der Waals surface area contributed by atoms with E-state index >= 15 is 0 Å². The Bertz CT molecular complexity index is 444. The van der Waals surface area contributed by atoms with Crippen molar-refractivity contribution in [3.05, 3.63) is 11.9 Å². The van der Waals surface area contributed by atoms with Gasteiger partial charge in [-0.15, -0.1) is 0 Å². The maximum absolute atomic E-state index is 4.52. The van der Waals surface area contributed by atoms with Gasteiger partial charge < -0.3 is 10.6 Å². The smallest absolute Gasteiger partial charge is 0.135 e. The van der Waals surface area contributed by atoms with Crippen molar-refractivity contribution in [2.45, 2.75) is 71.8 Å². The normalized spacial score (nSPS) is 22.9. The first-order chi connectivity index (χ1) is 10.1. The van der Waals surface area contributed by atoms with Crippen LogP contribution in [0.5, 0.6) is 0 Å². The highest BCUT2D eigenvalue weighted by Crippen LogP contribution is 2.31. The van der Waals surface area contributed by atoms with Gasteiger partial charge in [0.1, 0.15) is 18.0 Å². The van der Waals surface area contributed by atoms with Crippen molar-refractivity contribution >= 4 is 11.6 Å². The molecule has 4 nitrogen and oxygen atoms in total. The Balaban J connectivity index is 2.16. The number of hydrogen-bond donors (Lipinski definition) is 2. The maximum atomic E-state index is 4.52. The first-order valence-electron chi connectivity index (χ1n) is 8.47. The van der Waals surface area contributed by atoms with E-state index < -0.39 is 0 Å². The van der Waals surface area contributed by atoms with E-state index in [9.17, 15) is 0 Å². The van der Waals surface area contributed by atoms with Crippen molar-refractivity contribution < 1.29 is 0 Å². The van der Waals surface area contributed by atoms with Gasteiger partial charge in [0, 0.05) is 18.2 Å². The van der Waals surface area contributed by atoms with Gasteiger partial charge in [-0.05, 0) is 38.0 Å². The van der Waals surface area contributed by atoms with Gasteiger partial charge >= 0.3 is 0 Å². The van der Waals surface area contributed by atoms with E-state index in [1.165, 1.54) is 37.7 Å². The molecule has 2 rings (SSSR count). The highest BCUT2D eigenvalue weighted by atomic mass is 15.1. The zero-order chi connectivity index (χ0) is 15.2. The molecule has 2 N–H and O–H groups in total. The fraction of sp³-hybridized carbons (Fsp3) is 0.765. The molecular weight excluding hydrogens is 260 g/mol. The summed E-state index contributed by atoms with van der Waals surface area (Å²) in [5, 5.41) is 7.06. The Labute approximate surface area is 129 Å². The quantitative estimate of drug-likeness (QED) is 0.789. The topological polar surface area (TPSA) is 49.8 Å². The van der Waals surface area contributed by atoms with Crippen molar-refractivity contribution in [1.29, 1.82) is 0 Å². The lowest BCUT2D eigenvalue weighted by molar-refractivity contribution is 0.501. The van der Waals surface area contributed by atoms with Gasteiger partial charge in [-0.1, -0.05) is 33.6 Å². The Morgan fingerprint density at radius 2 is 1.90 bits per heavy atom. The largest absolute Gasteiger partial charge is 0.370 e. The van der Waals surface area contributed by atoms with E-state index in [0.717, 1.165) is 24.1 Å². The molecule has 1 aromatic heterocycles. The van der Waals surface area contributed by atoms with Crippen LogP contribution >= 0.6 is 0 Å². The average molecular weight is 290 g/mol. The van der Waals surface area contributed by atoms with Crippen LogP contribution in [0.25, 0.3) is 0 Å². The summed E-state index contributed by atoms with van der Waals surface area (Å²) >= 11 is 0. The Kier molecular flexibility index (Phi) is 5.83. The Hall–Kier alpha value is -1.32. The van der Waals surface area contributed by atoms with Crippen LogP contribution < -0.4 is 10.6 Å². The summed E-state index contributed by atoms with van der Waals surface area (Å²) in [5.41, 5.74) is 1.22. The molecule has 1 aromatic rings. The molecule has 0 spiro atoms. The van der Waals surface area contributed by atoms with Gasteiger partial charge in [0.25, 0.3) is 0 Å². The Morgan fingerprint density at radius 1 is 1.14 bits per heavy atom. The number of nitrogens with zero attached hydrogens (tertiary/aromatic N) is 2. The van der Waals surface area contributed by atoms with Gasteiger partial charge in [-0.25, -0.2) is 9.97 Å². The molecule has 118 valence electrons. The second-order valence-electron chi connectivity index (χ2n) is 6.62. The summed E-state index contributed by atoms with van der Waals surface area (Å²) in [5.74, 6) is 3.28. The highest BCUT2D eigenvalue weighted by Gasteiger charge is 2.20. The minimum absolute atomic E-state index is 0.410. The second kappa shape index (κ2) is 7.62. The molecule has 4 heteroatoms. The van der Waals surface area contributed by atoms with Crippen molar-refractivity contribution in [3.8, 4) is 0 Å². The average Bonchev–Trinajstić information content (AvgIpc) is 2.64. The number of rotatable bonds is 5. The maximum Gasteiger partial charge on any atom is 0.135 e.